The minimum absolute atomic E-state index is 0.0480. The van der Waals surface area contributed by atoms with Crippen LogP contribution in [0.1, 0.15) is 24.6 Å². The largest absolute Gasteiger partial charge is 0.466 e. The van der Waals surface area contributed by atoms with Gasteiger partial charge in [-0.25, -0.2) is 18.5 Å². The first kappa shape index (κ1) is 32.1. The van der Waals surface area contributed by atoms with E-state index in [1.165, 1.54) is 10.8 Å². The van der Waals surface area contributed by atoms with Crippen LogP contribution in [0, 0.1) is 6.92 Å². The summed E-state index contributed by atoms with van der Waals surface area (Å²) in [6.07, 6.45) is 2.26. The molecule has 18 nitrogen and oxygen atoms in total. The highest BCUT2D eigenvalue weighted by Crippen LogP contribution is 2.27. The second-order valence-electron chi connectivity index (χ2n) is 5.49. The van der Waals surface area contributed by atoms with Crippen LogP contribution in [0.15, 0.2) is 15.8 Å². The highest BCUT2D eigenvalue weighted by molar-refractivity contribution is 7.45. The minimum Gasteiger partial charge on any atom is -0.394 e. The number of H-pyrrole nitrogens is 1. The van der Waals surface area contributed by atoms with E-state index in [1.54, 1.807) is 6.92 Å². The zero-order chi connectivity index (χ0) is 25.2. The molecule has 0 saturated carbocycles. The highest BCUT2D eigenvalue weighted by Gasteiger charge is 2.26. The van der Waals surface area contributed by atoms with Gasteiger partial charge in [-0.15, -0.1) is 0 Å². The van der Waals surface area contributed by atoms with Crippen molar-refractivity contribution in [3.05, 3.63) is 32.6 Å². The first-order valence-corrected chi connectivity index (χ1v) is 12.2. The van der Waals surface area contributed by atoms with Crippen LogP contribution in [0.4, 0.5) is 0 Å². The monoisotopic (exact) mass is 520 g/mol. The van der Waals surface area contributed by atoms with E-state index in [0.29, 0.717) is 18.4 Å². The van der Waals surface area contributed by atoms with Crippen molar-refractivity contribution in [2.24, 2.45) is 0 Å². The molecule has 11 N–H and O–H groups in total. The molecule has 184 valence electrons. The molecule has 1 aromatic heterocycles. The number of rotatable bonds is 2. The molecule has 2 rings (SSSR count). The van der Waals surface area contributed by atoms with E-state index < -0.39 is 29.2 Å². The highest BCUT2D eigenvalue weighted by atomic mass is 31.2. The standard InChI is InChI=1S/C10H14N2O4.3H3O4P/c1-6-4-12(10(15)11-9(6)14)8-3-2-7(5-13)16-8;3*1-5(2,3)4/h4,7-8,13H,2-3,5H2,1H3,(H,11,14,15);3*(H3,1,2,3,4)/t7-,8+;;;/m0.../s1. The molecule has 0 radical (unpaired) electrons. The molecule has 0 aliphatic carbocycles. The Morgan fingerprint density at radius 2 is 1.32 bits per heavy atom. The number of nitrogens with one attached hydrogen (secondary N) is 1. The molecule has 2 atom stereocenters. The topological polar surface area (TPSA) is 318 Å². The summed E-state index contributed by atoms with van der Waals surface area (Å²) in [5.74, 6) is 0. The molecular formula is C10H23N2O16P3. The van der Waals surface area contributed by atoms with Crippen LogP contribution in [0.3, 0.4) is 0 Å². The van der Waals surface area contributed by atoms with E-state index in [4.69, 9.17) is 67.6 Å². The van der Waals surface area contributed by atoms with E-state index in [9.17, 15) is 9.59 Å². The maximum atomic E-state index is 11.5. The molecule has 1 aliphatic rings. The maximum absolute atomic E-state index is 11.5. The van der Waals surface area contributed by atoms with Crippen molar-refractivity contribution in [3.8, 4) is 0 Å². The van der Waals surface area contributed by atoms with Crippen molar-refractivity contribution in [1.29, 1.82) is 0 Å². The Morgan fingerprint density at radius 3 is 1.65 bits per heavy atom. The van der Waals surface area contributed by atoms with E-state index in [-0.39, 0.29) is 24.5 Å². The third-order valence-corrected chi connectivity index (χ3v) is 2.74. The fraction of sp³-hybridized carbons (Fsp3) is 0.600. The van der Waals surface area contributed by atoms with Crippen LogP contribution in [0.5, 0.6) is 0 Å². The van der Waals surface area contributed by atoms with Crippen molar-refractivity contribution >= 4 is 23.5 Å². The van der Waals surface area contributed by atoms with Gasteiger partial charge in [0, 0.05) is 11.8 Å². The summed E-state index contributed by atoms with van der Waals surface area (Å²) in [6.45, 7) is 1.58. The second kappa shape index (κ2) is 13.5. The van der Waals surface area contributed by atoms with E-state index in [1.807, 2.05) is 0 Å². The molecule has 0 spiro atoms. The summed E-state index contributed by atoms with van der Waals surface area (Å²) in [6, 6.07) is 0. The normalized spacial score (nSPS) is 18.5. The van der Waals surface area contributed by atoms with Crippen LogP contribution in [-0.2, 0) is 18.4 Å². The van der Waals surface area contributed by atoms with Crippen molar-refractivity contribution in [1.82, 2.24) is 9.55 Å². The van der Waals surface area contributed by atoms with E-state index in [0.717, 1.165) is 0 Å². The Bertz CT molecular complexity index is 852. The van der Waals surface area contributed by atoms with Crippen LogP contribution < -0.4 is 11.2 Å². The summed E-state index contributed by atoms with van der Waals surface area (Å²) < 4.78 is 33.5. The van der Waals surface area contributed by atoms with Gasteiger partial charge in [-0.2, -0.15) is 0 Å². The predicted molar refractivity (Wildman–Crippen MR) is 99.1 cm³/mol. The lowest BCUT2D eigenvalue weighted by atomic mass is 10.2. The number of aromatic amines is 1. The van der Waals surface area contributed by atoms with Crippen molar-refractivity contribution in [2.75, 3.05) is 6.61 Å². The van der Waals surface area contributed by atoms with Gasteiger partial charge < -0.3 is 53.9 Å². The van der Waals surface area contributed by atoms with Crippen LogP contribution >= 0.6 is 23.5 Å². The molecule has 0 aromatic carbocycles. The van der Waals surface area contributed by atoms with Gasteiger partial charge in [0.2, 0.25) is 0 Å². The summed E-state index contributed by atoms with van der Waals surface area (Å²) in [5.41, 5.74) is -0.382. The Kier molecular flexibility index (Phi) is 14.0. The molecule has 31 heavy (non-hydrogen) atoms. The number of hydrogen-bond donors (Lipinski definition) is 11. The Morgan fingerprint density at radius 1 is 0.935 bits per heavy atom. The van der Waals surface area contributed by atoms with Gasteiger partial charge in [-0.1, -0.05) is 0 Å². The molecule has 1 saturated heterocycles. The smallest absolute Gasteiger partial charge is 0.394 e. The fourth-order valence-corrected chi connectivity index (χ4v) is 1.83. The molecule has 0 bridgehead atoms. The second-order valence-corrected chi connectivity index (χ2v) is 8.57. The van der Waals surface area contributed by atoms with Gasteiger partial charge >= 0.3 is 29.2 Å². The maximum Gasteiger partial charge on any atom is 0.466 e. The lowest BCUT2D eigenvalue weighted by Gasteiger charge is -2.14. The number of phosphoric acid groups is 3. The number of aryl methyl sites for hydroxylation is 1. The zero-order valence-electron chi connectivity index (χ0n) is 15.6. The van der Waals surface area contributed by atoms with Crippen molar-refractivity contribution < 1.29 is 67.6 Å². The molecule has 0 amide bonds. The lowest BCUT2D eigenvalue weighted by Crippen LogP contribution is -2.33. The molecule has 1 fully saturated rings. The number of aliphatic hydroxyl groups excluding tert-OH is 1. The van der Waals surface area contributed by atoms with Gasteiger partial charge in [-0.3, -0.25) is 14.3 Å². The summed E-state index contributed by atoms with van der Waals surface area (Å²) >= 11 is 0. The average Bonchev–Trinajstić information content (AvgIpc) is 2.94. The van der Waals surface area contributed by atoms with Gasteiger partial charge in [0.05, 0.1) is 12.7 Å². The molecule has 0 unspecified atom stereocenters. The van der Waals surface area contributed by atoms with Crippen LogP contribution in [0.25, 0.3) is 0 Å². The zero-order valence-corrected chi connectivity index (χ0v) is 18.2. The molecule has 1 aromatic rings. The van der Waals surface area contributed by atoms with Gasteiger partial charge in [-0.05, 0) is 19.8 Å². The third kappa shape index (κ3) is 23.4. The predicted octanol–water partition coefficient (Wildman–Crippen LogP) is -3.27. The molecule has 2 heterocycles. The number of nitrogens with zero attached hydrogens (tertiary/aromatic N) is 1. The SMILES string of the molecule is Cc1cn([C@H]2CC[C@@H](CO)O2)c(=O)[nH]c1=O.O=P(O)(O)O.O=P(O)(O)O.O=P(O)(O)O. The number of hydrogen-bond acceptors (Lipinski definition) is 7. The number of ether oxygens (including phenoxy) is 1. The summed E-state index contributed by atoms with van der Waals surface area (Å²) in [5, 5.41) is 8.93. The first-order valence-electron chi connectivity index (χ1n) is 7.55. The van der Waals surface area contributed by atoms with Crippen LogP contribution in [0.2, 0.25) is 0 Å². The Labute approximate surface area is 172 Å². The average molecular weight is 520 g/mol. The fourth-order valence-electron chi connectivity index (χ4n) is 1.83. The van der Waals surface area contributed by atoms with Gasteiger partial charge in [0.15, 0.2) is 0 Å². The van der Waals surface area contributed by atoms with Crippen LogP contribution in [-0.4, -0.2) is 71.4 Å². The Hall–Kier alpha value is -1.07. The molecule has 1 aliphatic heterocycles. The lowest BCUT2D eigenvalue weighted by molar-refractivity contribution is -0.0247. The summed E-state index contributed by atoms with van der Waals surface area (Å²) in [4.78, 5) is 89.6. The van der Waals surface area contributed by atoms with Crippen molar-refractivity contribution in [3.63, 3.8) is 0 Å². The Balaban J connectivity index is 0. The van der Waals surface area contributed by atoms with Gasteiger partial charge in [0.1, 0.15) is 6.23 Å². The summed E-state index contributed by atoms with van der Waals surface area (Å²) in [7, 11) is -13.9. The quantitative estimate of drug-likeness (QED) is 0.170. The minimum atomic E-state index is -4.64. The molecule has 21 heteroatoms. The van der Waals surface area contributed by atoms with E-state index in [2.05, 4.69) is 4.98 Å². The first-order chi connectivity index (χ1) is 13.6. The third-order valence-electron chi connectivity index (χ3n) is 2.74. The van der Waals surface area contributed by atoms with E-state index >= 15 is 0 Å². The van der Waals surface area contributed by atoms with Gasteiger partial charge in [0.25, 0.3) is 5.56 Å². The number of aliphatic hydroxyl groups is 1. The molecular weight excluding hydrogens is 497 g/mol. The number of aromatic nitrogens is 2. The van der Waals surface area contributed by atoms with Crippen molar-refractivity contribution in [2.45, 2.75) is 32.1 Å².